The van der Waals surface area contributed by atoms with Crippen molar-refractivity contribution < 1.29 is 19.4 Å². The molecule has 0 aromatic carbocycles. The van der Waals surface area contributed by atoms with E-state index in [1.54, 1.807) is 0 Å². The van der Waals surface area contributed by atoms with Crippen molar-refractivity contribution >= 4 is 5.97 Å². The van der Waals surface area contributed by atoms with Gasteiger partial charge in [0.15, 0.2) is 0 Å². The lowest BCUT2D eigenvalue weighted by atomic mass is 9.33. The van der Waals surface area contributed by atoms with Crippen LogP contribution in [0.3, 0.4) is 0 Å². The molecule has 4 heteroatoms. The number of carbonyl (C=O) groups is 1. The molecule has 6 rings (SSSR count). The number of hydrogen-bond acceptors (Lipinski definition) is 3. The highest BCUT2D eigenvalue weighted by Gasteiger charge is 2.70. The maximum absolute atomic E-state index is 12.8. The number of fused-ring (bicyclic) bond motifs is 9. The maximum atomic E-state index is 12.8. The van der Waals surface area contributed by atoms with Gasteiger partial charge in [-0.3, -0.25) is 4.79 Å². The zero-order valence-corrected chi connectivity index (χ0v) is 23.0. The maximum Gasteiger partial charge on any atom is 0.310 e. The Balaban J connectivity index is 1.42. The van der Waals surface area contributed by atoms with Crippen molar-refractivity contribution in [1.29, 1.82) is 0 Å². The van der Waals surface area contributed by atoms with Crippen molar-refractivity contribution in [2.24, 2.45) is 50.2 Å². The van der Waals surface area contributed by atoms with Gasteiger partial charge in [-0.1, -0.05) is 53.2 Å². The highest BCUT2D eigenvalue weighted by Crippen LogP contribution is 2.76. The van der Waals surface area contributed by atoms with Crippen LogP contribution in [0.25, 0.3) is 0 Å². The van der Waals surface area contributed by atoms with Gasteiger partial charge in [0.05, 0.1) is 18.1 Å². The standard InChI is InChI=1S/C31H48O4/c1-26(2)13-15-31(25(32)33)16-14-29(5)20(21(31)17-26)7-8-23-27(3)11-10-24-28(4,18-34-19-35-24)22(27)9-12-30(23,29)6/h7,21-24H,8-19H2,1-6H3,(H,32,33)/t21-,22+,23+,24-,27-,28-,29+,30+,31-/m0/s1. The number of hydrogen-bond donors (Lipinski definition) is 1. The summed E-state index contributed by atoms with van der Waals surface area (Å²) in [5, 5.41) is 10.5. The Morgan fingerprint density at radius 2 is 1.66 bits per heavy atom. The van der Waals surface area contributed by atoms with E-state index in [0.717, 1.165) is 51.6 Å². The zero-order chi connectivity index (χ0) is 25.1. The Kier molecular flexibility index (Phi) is 5.15. The monoisotopic (exact) mass is 484 g/mol. The fraction of sp³-hybridized carbons (Fsp3) is 0.903. The number of aliphatic carboxylic acids is 1. The van der Waals surface area contributed by atoms with Crippen LogP contribution in [-0.4, -0.2) is 30.6 Å². The third-order valence-corrected chi connectivity index (χ3v) is 13.6. The van der Waals surface area contributed by atoms with Gasteiger partial charge < -0.3 is 14.6 Å². The van der Waals surface area contributed by atoms with E-state index in [1.165, 1.54) is 24.8 Å². The molecule has 0 unspecified atom stereocenters. The molecule has 5 aliphatic carbocycles. The molecule has 1 aliphatic heterocycles. The Morgan fingerprint density at radius 1 is 0.914 bits per heavy atom. The fourth-order valence-electron chi connectivity index (χ4n) is 11.3. The average Bonchev–Trinajstić information content (AvgIpc) is 2.78. The van der Waals surface area contributed by atoms with Crippen LogP contribution in [0.4, 0.5) is 0 Å². The van der Waals surface area contributed by atoms with Crippen LogP contribution in [0, 0.1) is 50.2 Å². The summed E-state index contributed by atoms with van der Waals surface area (Å²) in [7, 11) is 0. The molecule has 1 saturated heterocycles. The highest BCUT2D eigenvalue weighted by atomic mass is 16.7. The summed E-state index contributed by atoms with van der Waals surface area (Å²) in [6.07, 6.45) is 13.7. The normalized spacial score (nSPS) is 54.7. The SMILES string of the molecule is CC1(C)CC[C@]2(C(=O)O)CC[C@]3(C)C(=CC[C@@H]4[C@@]5(C)CC[C@@H]6OCOC[C@@]6(C)[C@@H]5CC[C@]43C)[C@@H]2C1. The number of carboxylic acids is 1. The molecule has 4 nitrogen and oxygen atoms in total. The smallest absolute Gasteiger partial charge is 0.310 e. The zero-order valence-electron chi connectivity index (χ0n) is 23.0. The fourth-order valence-corrected chi connectivity index (χ4v) is 11.3. The second kappa shape index (κ2) is 7.37. The third kappa shape index (κ3) is 2.96. The van der Waals surface area contributed by atoms with Crippen LogP contribution < -0.4 is 0 Å². The van der Waals surface area contributed by atoms with Crippen LogP contribution in [0.15, 0.2) is 11.6 Å². The largest absolute Gasteiger partial charge is 0.481 e. The second-order valence-corrected chi connectivity index (χ2v) is 15.3. The first-order chi connectivity index (χ1) is 16.3. The van der Waals surface area contributed by atoms with Gasteiger partial charge in [0.1, 0.15) is 6.79 Å². The minimum absolute atomic E-state index is 0.0955. The minimum atomic E-state index is -0.548. The minimum Gasteiger partial charge on any atom is -0.481 e. The van der Waals surface area contributed by atoms with Crippen LogP contribution in [0.2, 0.25) is 0 Å². The summed E-state index contributed by atoms with van der Waals surface area (Å²) in [4.78, 5) is 12.8. The van der Waals surface area contributed by atoms with Crippen molar-refractivity contribution in [2.45, 2.75) is 112 Å². The summed E-state index contributed by atoms with van der Waals surface area (Å²) in [5.41, 5.74) is 1.90. The van der Waals surface area contributed by atoms with E-state index in [1.807, 2.05) is 0 Å². The van der Waals surface area contributed by atoms with Gasteiger partial charge >= 0.3 is 5.97 Å². The number of ether oxygens (including phenoxy) is 2. The molecule has 0 spiro atoms. The Labute approximate surface area is 212 Å². The first-order valence-corrected chi connectivity index (χ1v) is 14.5. The number of carboxylic acid groups (broad SMARTS) is 1. The quantitative estimate of drug-likeness (QED) is 0.399. The van der Waals surface area contributed by atoms with Gasteiger partial charge in [0.2, 0.25) is 0 Å². The summed E-state index contributed by atoms with van der Waals surface area (Å²) < 4.78 is 12.1. The molecule has 0 aromatic heterocycles. The molecule has 1 heterocycles. The average molecular weight is 485 g/mol. The molecule has 9 atom stereocenters. The van der Waals surface area contributed by atoms with Crippen LogP contribution in [0.1, 0.15) is 106 Å². The van der Waals surface area contributed by atoms with Crippen molar-refractivity contribution in [3.8, 4) is 0 Å². The lowest BCUT2D eigenvalue weighted by Crippen LogP contribution is -2.66. The number of allylic oxidation sites excluding steroid dienone is 2. The van der Waals surface area contributed by atoms with Crippen molar-refractivity contribution in [3.05, 3.63) is 11.6 Å². The lowest BCUT2D eigenvalue weighted by molar-refractivity contribution is -0.279. The van der Waals surface area contributed by atoms with Crippen LogP contribution in [-0.2, 0) is 14.3 Å². The van der Waals surface area contributed by atoms with Crippen molar-refractivity contribution in [2.75, 3.05) is 13.4 Å². The van der Waals surface area contributed by atoms with Gasteiger partial charge in [0, 0.05) is 5.41 Å². The first-order valence-electron chi connectivity index (χ1n) is 14.5. The molecular formula is C31H48O4. The molecule has 6 aliphatic rings. The number of rotatable bonds is 1. The van der Waals surface area contributed by atoms with Gasteiger partial charge in [-0.2, -0.15) is 0 Å². The van der Waals surface area contributed by atoms with E-state index in [4.69, 9.17) is 9.47 Å². The summed E-state index contributed by atoms with van der Waals surface area (Å²) in [6.45, 7) is 16.2. The molecule has 0 aromatic rings. The summed E-state index contributed by atoms with van der Waals surface area (Å²) in [5.74, 6) is 0.920. The Bertz CT molecular complexity index is 954. The van der Waals surface area contributed by atoms with Crippen molar-refractivity contribution in [1.82, 2.24) is 0 Å². The van der Waals surface area contributed by atoms with E-state index in [2.05, 4.69) is 47.6 Å². The second-order valence-electron chi connectivity index (χ2n) is 15.3. The molecule has 1 N–H and O–H groups in total. The van der Waals surface area contributed by atoms with Crippen LogP contribution >= 0.6 is 0 Å². The Morgan fingerprint density at radius 3 is 2.40 bits per heavy atom. The topological polar surface area (TPSA) is 55.8 Å². The molecule has 5 fully saturated rings. The van der Waals surface area contributed by atoms with Crippen LogP contribution in [0.5, 0.6) is 0 Å². The third-order valence-electron chi connectivity index (χ3n) is 13.6. The first kappa shape index (κ1) is 24.5. The van der Waals surface area contributed by atoms with E-state index in [9.17, 15) is 9.90 Å². The molecule has 35 heavy (non-hydrogen) atoms. The highest BCUT2D eigenvalue weighted by molar-refractivity contribution is 5.76. The van der Waals surface area contributed by atoms with E-state index >= 15 is 0 Å². The van der Waals surface area contributed by atoms with Gasteiger partial charge in [-0.05, 0) is 104 Å². The summed E-state index contributed by atoms with van der Waals surface area (Å²) >= 11 is 0. The molecule has 0 radical (unpaired) electrons. The molecular weight excluding hydrogens is 436 g/mol. The lowest BCUT2D eigenvalue weighted by Gasteiger charge is -2.71. The van der Waals surface area contributed by atoms with E-state index < -0.39 is 11.4 Å². The van der Waals surface area contributed by atoms with Gasteiger partial charge in [-0.15, -0.1) is 0 Å². The predicted octanol–water partition coefficient (Wildman–Crippen LogP) is 7.23. The molecule has 4 saturated carbocycles. The van der Waals surface area contributed by atoms with E-state index in [0.29, 0.717) is 24.7 Å². The summed E-state index contributed by atoms with van der Waals surface area (Å²) in [6, 6.07) is 0. The molecule has 196 valence electrons. The van der Waals surface area contributed by atoms with Gasteiger partial charge in [0.25, 0.3) is 0 Å². The van der Waals surface area contributed by atoms with Gasteiger partial charge in [-0.25, -0.2) is 0 Å². The molecule has 0 amide bonds. The predicted molar refractivity (Wildman–Crippen MR) is 137 cm³/mol. The molecule has 0 bridgehead atoms. The van der Waals surface area contributed by atoms with E-state index in [-0.39, 0.29) is 33.0 Å². The van der Waals surface area contributed by atoms with Crippen molar-refractivity contribution in [3.63, 3.8) is 0 Å². The Hall–Kier alpha value is -0.870.